The maximum Gasteiger partial charge on any atom is 0.433 e. The lowest BCUT2D eigenvalue weighted by Gasteiger charge is -2.19. The normalized spacial score (nSPS) is 13.9. The summed E-state index contributed by atoms with van der Waals surface area (Å²) in [5, 5.41) is 3.19. The minimum Gasteiger partial charge on any atom is -0.493 e. The van der Waals surface area contributed by atoms with Gasteiger partial charge in [-0.2, -0.15) is 13.2 Å². The molecule has 8 nitrogen and oxygen atoms in total. The Morgan fingerprint density at radius 3 is 2.78 bits per heavy atom. The molecule has 37 heavy (non-hydrogen) atoms. The molecule has 0 saturated heterocycles. The fraction of sp³-hybridized carbons (Fsp3) is 0.200. The number of ether oxygens (including phenoxy) is 1. The first-order valence-electron chi connectivity index (χ1n) is 11.5. The Kier molecular flexibility index (Phi) is 4.57. The lowest BCUT2D eigenvalue weighted by Crippen LogP contribution is -2.13. The number of halogens is 4. The van der Waals surface area contributed by atoms with Gasteiger partial charge in [-0.05, 0) is 23.8 Å². The number of anilines is 1. The second-order valence-electron chi connectivity index (χ2n) is 8.87. The average Bonchev–Trinajstić information content (AvgIpc) is 3.61. The number of aromatic nitrogens is 6. The molecule has 0 unspecified atom stereocenters. The van der Waals surface area contributed by atoms with Gasteiger partial charge >= 0.3 is 6.18 Å². The van der Waals surface area contributed by atoms with E-state index in [-0.39, 0.29) is 18.9 Å². The lowest BCUT2D eigenvalue weighted by molar-refractivity contribution is -0.141. The fourth-order valence-electron chi connectivity index (χ4n) is 5.04. The molecule has 0 amide bonds. The number of benzene rings is 1. The number of fused-ring (bicyclic) bond motifs is 5. The maximum absolute atomic E-state index is 14.7. The van der Waals surface area contributed by atoms with Crippen molar-refractivity contribution in [1.82, 2.24) is 28.9 Å². The van der Waals surface area contributed by atoms with Crippen LogP contribution in [-0.4, -0.2) is 35.5 Å². The Morgan fingerprint density at radius 1 is 1.05 bits per heavy atom. The second-order valence-corrected chi connectivity index (χ2v) is 8.87. The number of alkyl halides is 3. The van der Waals surface area contributed by atoms with Gasteiger partial charge in [-0.15, -0.1) is 0 Å². The largest absolute Gasteiger partial charge is 0.493 e. The van der Waals surface area contributed by atoms with Crippen LogP contribution in [0.4, 0.5) is 23.5 Å². The topological polar surface area (TPSA) is 82.2 Å². The Labute approximate surface area is 206 Å². The van der Waals surface area contributed by atoms with Crippen LogP contribution in [0.1, 0.15) is 22.4 Å². The van der Waals surface area contributed by atoms with Crippen LogP contribution in [0.25, 0.3) is 28.2 Å². The molecule has 0 saturated carbocycles. The summed E-state index contributed by atoms with van der Waals surface area (Å²) in [5.74, 6) is 1.25. The van der Waals surface area contributed by atoms with Crippen LogP contribution in [0.2, 0.25) is 0 Å². The third-order valence-corrected chi connectivity index (χ3v) is 6.77. The Morgan fingerprint density at radius 2 is 1.92 bits per heavy atom. The molecule has 0 aliphatic carbocycles. The van der Waals surface area contributed by atoms with Crippen molar-refractivity contribution in [2.75, 3.05) is 11.9 Å². The van der Waals surface area contributed by atoms with Crippen molar-refractivity contribution in [2.45, 2.75) is 25.7 Å². The van der Waals surface area contributed by atoms with Crippen LogP contribution in [-0.2, 0) is 25.7 Å². The fourth-order valence-corrected chi connectivity index (χ4v) is 5.04. The smallest absolute Gasteiger partial charge is 0.433 e. The van der Waals surface area contributed by atoms with Gasteiger partial charge in [0.2, 0.25) is 5.95 Å². The number of hydrogen-bond acceptors (Lipinski definition) is 6. The van der Waals surface area contributed by atoms with E-state index in [4.69, 9.17) is 4.74 Å². The molecule has 12 heteroatoms. The van der Waals surface area contributed by atoms with E-state index < -0.39 is 11.9 Å². The van der Waals surface area contributed by atoms with Gasteiger partial charge < -0.3 is 14.6 Å². The number of imidazole rings is 2. The highest BCUT2D eigenvalue weighted by Crippen LogP contribution is 2.39. The lowest BCUT2D eigenvalue weighted by atomic mass is 9.99. The highest BCUT2D eigenvalue weighted by Gasteiger charge is 2.34. The van der Waals surface area contributed by atoms with E-state index in [1.807, 2.05) is 0 Å². The van der Waals surface area contributed by atoms with E-state index >= 15 is 0 Å². The van der Waals surface area contributed by atoms with Gasteiger partial charge in [0.25, 0.3) is 0 Å². The zero-order valence-electron chi connectivity index (χ0n) is 19.1. The number of nitrogens with zero attached hydrogens (tertiary/aromatic N) is 6. The molecule has 0 spiro atoms. The zero-order valence-corrected chi connectivity index (χ0v) is 19.1. The average molecular weight is 507 g/mol. The standard InChI is InChI=1S/C25H17F4N7O/c26-18-1-2-19-14(3-6-37-19)16(18)9-32-24-33-10-17-15-8-31-20(25(27,28)29)7-13(15)11-35-5-4-30-23(35)21-22(17)36(24)12-34-21/h1-2,4-5,7-8,10,12H,3,6,9,11H2,(H,32,33). The van der Waals surface area contributed by atoms with Gasteiger partial charge in [0.05, 0.1) is 12.1 Å². The molecular weight excluding hydrogens is 490 g/mol. The summed E-state index contributed by atoms with van der Waals surface area (Å²) in [5.41, 5.74) is 3.03. The van der Waals surface area contributed by atoms with Crippen molar-refractivity contribution >= 4 is 11.5 Å². The predicted molar refractivity (Wildman–Crippen MR) is 124 cm³/mol. The molecule has 2 aliphatic heterocycles. The van der Waals surface area contributed by atoms with E-state index in [0.29, 0.717) is 64.0 Å². The van der Waals surface area contributed by atoms with Crippen molar-refractivity contribution < 1.29 is 22.3 Å². The van der Waals surface area contributed by atoms with Crippen molar-refractivity contribution in [1.29, 1.82) is 0 Å². The minimum atomic E-state index is -4.57. The van der Waals surface area contributed by atoms with Gasteiger partial charge in [-0.25, -0.2) is 19.3 Å². The van der Waals surface area contributed by atoms with Crippen LogP contribution in [0.5, 0.6) is 5.75 Å². The second kappa shape index (κ2) is 7.76. The molecule has 0 bridgehead atoms. The maximum atomic E-state index is 14.7. The van der Waals surface area contributed by atoms with Crippen molar-refractivity contribution in [3.8, 4) is 28.4 Å². The van der Waals surface area contributed by atoms with Gasteiger partial charge in [0, 0.05) is 66.6 Å². The number of rotatable bonds is 3. The third-order valence-electron chi connectivity index (χ3n) is 6.77. The van der Waals surface area contributed by atoms with Crippen LogP contribution >= 0.6 is 0 Å². The Bertz CT molecular complexity index is 1710. The molecule has 7 rings (SSSR count). The molecular formula is C25H17F4N7O. The molecule has 186 valence electrons. The first-order chi connectivity index (χ1) is 17.9. The monoisotopic (exact) mass is 507 g/mol. The Hall–Kier alpha value is -4.48. The van der Waals surface area contributed by atoms with Crippen molar-refractivity contribution in [3.05, 3.63) is 77.5 Å². The first kappa shape index (κ1) is 21.8. The van der Waals surface area contributed by atoms with Crippen LogP contribution in [0, 0.1) is 5.82 Å². The summed E-state index contributed by atoms with van der Waals surface area (Å²) < 4.78 is 64.0. The molecule has 1 N–H and O–H groups in total. The summed E-state index contributed by atoms with van der Waals surface area (Å²) >= 11 is 0. The van der Waals surface area contributed by atoms with Crippen molar-refractivity contribution in [2.24, 2.45) is 0 Å². The quantitative estimate of drug-likeness (QED) is 0.349. The summed E-state index contributed by atoms with van der Waals surface area (Å²) in [6, 6.07) is 4.07. The van der Waals surface area contributed by atoms with E-state index in [1.54, 1.807) is 40.0 Å². The first-order valence-corrected chi connectivity index (χ1v) is 11.5. The van der Waals surface area contributed by atoms with Crippen molar-refractivity contribution in [3.63, 3.8) is 0 Å². The van der Waals surface area contributed by atoms with Crippen LogP contribution < -0.4 is 10.1 Å². The zero-order chi connectivity index (χ0) is 25.3. The summed E-state index contributed by atoms with van der Waals surface area (Å²) in [6.45, 7) is 0.828. The molecule has 0 atom stereocenters. The molecule has 2 aliphatic rings. The Balaban J connectivity index is 1.37. The van der Waals surface area contributed by atoms with E-state index in [2.05, 4.69) is 25.3 Å². The molecule has 1 aromatic carbocycles. The highest BCUT2D eigenvalue weighted by molar-refractivity contribution is 5.91. The third kappa shape index (κ3) is 3.35. The summed E-state index contributed by atoms with van der Waals surface area (Å²) in [4.78, 5) is 17.2. The molecule has 5 aromatic rings. The molecule has 0 fully saturated rings. The molecule has 4 aromatic heterocycles. The van der Waals surface area contributed by atoms with Gasteiger partial charge in [0.15, 0.2) is 5.82 Å². The summed E-state index contributed by atoms with van der Waals surface area (Å²) in [7, 11) is 0. The minimum absolute atomic E-state index is 0.162. The summed E-state index contributed by atoms with van der Waals surface area (Å²) in [6.07, 6.45) is 3.69. The van der Waals surface area contributed by atoms with Crippen LogP contribution in [0.15, 0.2) is 49.3 Å². The predicted octanol–water partition coefficient (Wildman–Crippen LogP) is 4.72. The van der Waals surface area contributed by atoms with E-state index in [0.717, 1.165) is 11.6 Å². The number of pyridine rings is 1. The van der Waals surface area contributed by atoms with E-state index in [9.17, 15) is 17.6 Å². The van der Waals surface area contributed by atoms with Gasteiger partial charge in [-0.1, -0.05) is 0 Å². The number of hydrogen-bond donors (Lipinski definition) is 1. The van der Waals surface area contributed by atoms with Crippen LogP contribution in [0.3, 0.4) is 0 Å². The van der Waals surface area contributed by atoms with Gasteiger partial charge in [-0.3, -0.25) is 9.38 Å². The van der Waals surface area contributed by atoms with Gasteiger partial charge in [0.1, 0.15) is 29.3 Å². The number of nitrogens with one attached hydrogen (secondary N) is 1. The highest BCUT2D eigenvalue weighted by atomic mass is 19.4. The molecule has 6 heterocycles. The SMILES string of the molecule is Fc1ccc2c(c1CNc1ncc3c4c(ncn14)-c1nccn1Cc1cc(C(F)(F)F)ncc1-3)CCO2. The van der Waals surface area contributed by atoms with E-state index in [1.165, 1.54) is 12.3 Å². The molecule has 0 radical (unpaired) electrons.